The van der Waals surface area contributed by atoms with Crippen LogP contribution in [0.4, 0.5) is 0 Å². The van der Waals surface area contributed by atoms with Gasteiger partial charge in [-0.3, -0.25) is 4.79 Å². The van der Waals surface area contributed by atoms with Crippen LogP contribution in [0.3, 0.4) is 0 Å². The number of amides is 1. The second-order valence-corrected chi connectivity index (χ2v) is 5.06. The van der Waals surface area contributed by atoms with Crippen LogP contribution in [-0.2, 0) is 0 Å². The van der Waals surface area contributed by atoms with Gasteiger partial charge in [0.05, 0.1) is 22.9 Å². The average molecular weight is 334 g/mol. The molecule has 0 saturated carbocycles. The minimum absolute atomic E-state index is 0.0852. The molecule has 2 aromatic rings. The van der Waals surface area contributed by atoms with E-state index in [2.05, 4.69) is 10.5 Å². The molecule has 2 aromatic carbocycles. The lowest BCUT2D eigenvalue weighted by Gasteiger charge is -2.03. The summed E-state index contributed by atoms with van der Waals surface area (Å²) < 4.78 is 0. The molecule has 0 saturated heterocycles. The Balaban J connectivity index is 2.12. The molecule has 0 aliphatic heterocycles. The molecule has 2 rings (SSSR count). The molecule has 0 aliphatic rings. The van der Waals surface area contributed by atoms with Crippen molar-refractivity contribution in [2.45, 2.75) is 0 Å². The van der Waals surface area contributed by atoms with Crippen LogP contribution < -0.4 is 5.43 Å². The van der Waals surface area contributed by atoms with Crippen LogP contribution >= 0.6 is 23.2 Å². The van der Waals surface area contributed by atoms with Gasteiger partial charge in [-0.05, 0) is 30.3 Å². The van der Waals surface area contributed by atoms with Crippen molar-refractivity contribution in [3.05, 3.63) is 63.1 Å². The number of carbonyl (C=O) groups excluding carboxylic acids is 1. The molecular weight excluding hydrogens is 325 g/mol. The number of benzene rings is 2. The van der Waals surface area contributed by atoms with Gasteiger partial charge >= 0.3 is 0 Å². The highest BCUT2D eigenvalue weighted by Crippen LogP contribution is 2.29. The molecule has 1 amide bonds. The fraction of sp³-hybridized carbons (Fsp3) is 0. The third-order valence-corrected chi connectivity index (χ3v) is 3.19. The quantitative estimate of drug-likeness (QED) is 0.667. The largest absolute Gasteiger partial charge is 0.506 e. The van der Waals surface area contributed by atoms with Crippen LogP contribution in [0.25, 0.3) is 0 Å². The molecule has 2 N–H and O–H groups in total. The molecule has 0 heterocycles. The Kier molecular flexibility index (Phi) is 4.99. The lowest BCUT2D eigenvalue weighted by Crippen LogP contribution is -2.17. The third-order valence-electron chi connectivity index (χ3n) is 2.68. The summed E-state index contributed by atoms with van der Waals surface area (Å²) in [5.74, 6) is -0.670. The van der Waals surface area contributed by atoms with Gasteiger partial charge in [-0.15, -0.1) is 0 Å². The molecule has 0 spiro atoms. The van der Waals surface area contributed by atoms with Crippen molar-refractivity contribution < 1.29 is 9.90 Å². The van der Waals surface area contributed by atoms with E-state index in [0.717, 1.165) is 0 Å². The van der Waals surface area contributed by atoms with E-state index in [9.17, 15) is 9.90 Å². The molecule has 0 radical (unpaired) electrons. The number of hydrogen-bond acceptors (Lipinski definition) is 4. The van der Waals surface area contributed by atoms with Crippen LogP contribution in [0, 0.1) is 11.3 Å². The van der Waals surface area contributed by atoms with Crippen LogP contribution in [0.15, 0.2) is 41.5 Å². The summed E-state index contributed by atoms with van der Waals surface area (Å²) in [6, 6.07) is 11.0. The van der Waals surface area contributed by atoms with E-state index in [1.54, 1.807) is 18.2 Å². The van der Waals surface area contributed by atoms with Gasteiger partial charge < -0.3 is 5.11 Å². The number of nitrogens with zero attached hydrogens (tertiary/aromatic N) is 2. The van der Waals surface area contributed by atoms with E-state index in [4.69, 9.17) is 28.5 Å². The summed E-state index contributed by atoms with van der Waals surface area (Å²) in [7, 11) is 0. The number of rotatable bonds is 3. The second-order valence-electron chi connectivity index (χ2n) is 4.22. The highest BCUT2D eigenvalue weighted by Gasteiger charge is 2.07. The standard InChI is InChI=1S/C15H9Cl2N3O2/c16-12-5-11(14(21)13(17)6-12)8-19-20-15(22)10-3-1-2-9(4-10)7-18/h1-6,8,21H,(H,20,22). The zero-order valence-electron chi connectivity index (χ0n) is 11.0. The van der Waals surface area contributed by atoms with Crippen LogP contribution in [-0.4, -0.2) is 17.2 Å². The summed E-state index contributed by atoms with van der Waals surface area (Å²) in [6.07, 6.45) is 1.22. The maximum atomic E-state index is 11.9. The van der Waals surface area contributed by atoms with Crippen LogP contribution in [0.5, 0.6) is 5.75 Å². The first kappa shape index (κ1) is 15.8. The number of phenols is 1. The number of nitrogens with one attached hydrogen (secondary N) is 1. The van der Waals surface area contributed by atoms with Crippen molar-refractivity contribution in [1.82, 2.24) is 5.43 Å². The minimum Gasteiger partial charge on any atom is -0.506 e. The molecule has 110 valence electrons. The smallest absolute Gasteiger partial charge is 0.271 e. The highest BCUT2D eigenvalue weighted by molar-refractivity contribution is 6.36. The van der Waals surface area contributed by atoms with Gasteiger partial charge in [0.1, 0.15) is 5.75 Å². The Hall–Kier alpha value is -2.55. The maximum absolute atomic E-state index is 11.9. The maximum Gasteiger partial charge on any atom is 0.271 e. The number of carbonyl (C=O) groups is 1. The third kappa shape index (κ3) is 3.76. The Morgan fingerprint density at radius 1 is 1.32 bits per heavy atom. The van der Waals surface area contributed by atoms with Gasteiger partial charge in [0.2, 0.25) is 0 Å². The first-order valence-corrected chi connectivity index (χ1v) is 6.78. The number of nitriles is 1. The van der Waals surface area contributed by atoms with Gasteiger partial charge in [-0.25, -0.2) is 5.43 Å². The van der Waals surface area contributed by atoms with E-state index < -0.39 is 5.91 Å². The average Bonchev–Trinajstić information content (AvgIpc) is 2.51. The number of aromatic hydroxyl groups is 1. The normalized spacial score (nSPS) is 10.4. The number of phenolic OH excluding ortho intramolecular Hbond substituents is 1. The van der Waals surface area contributed by atoms with Gasteiger partial charge in [-0.1, -0.05) is 29.3 Å². The molecule has 0 unspecified atom stereocenters. The predicted octanol–water partition coefficient (Wildman–Crippen LogP) is 3.33. The zero-order chi connectivity index (χ0) is 16.1. The molecule has 0 aromatic heterocycles. The van der Waals surface area contributed by atoms with Crippen molar-refractivity contribution in [2.24, 2.45) is 5.10 Å². The summed E-state index contributed by atoms with van der Waals surface area (Å²) in [4.78, 5) is 11.9. The SMILES string of the molecule is N#Cc1cccc(C(=O)NN=Cc2cc(Cl)cc(Cl)c2O)c1. The summed E-state index contributed by atoms with van der Waals surface area (Å²) in [5, 5.41) is 22.7. The van der Waals surface area contributed by atoms with Crippen molar-refractivity contribution in [2.75, 3.05) is 0 Å². The van der Waals surface area contributed by atoms with Gasteiger partial charge in [0, 0.05) is 16.1 Å². The van der Waals surface area contributed by atoms with Crippen molar-refractivity contribution in [3.63, 3.8) is 0 Å². The van der Waals surface area contributed by atoms with E-state index in [0.29, 0.717) is 16.1 Å². The van der Waals surface area contributed by atoms with Crippen LogP contribution in [0.2, 0.25) is 10.0 Å². The van der Waals surface area contributed by atoms with Crippen molar-refractivity contribution in [3.8, 4) is 11.8 Å². The second kappa shape index (κ2) is 6.94. The summed E-state index contributed by atoms with van der Waals surface area (Å²) >= 11 is 11.6. The van der Waals surface area contributed by atoms with Gasteiger partial charge in [-0.2, -0.15) is 10.4 Å². The molecule has 5 nitrogen and oxygen atoms in total. The number of hydrogen-bond donors (Lipinski definition) is 2. The molecule has 0 atom stereocenters. The molecule has 0 bridgehead atoms. The Labute approximate surface area is 136 Å². The fourth-order valence-corrected chi connectivity index (χ4v) is 2.15. The minimum atomic E-state index is -0.485. The van der Waals surface area contributed by atoms with E-state index in [1.807, 2.05) is 6.07 Å². The van der Waals surface area contributed by atoms with Gasteiger partial charge in [0.25, 0.3) is 5.91 Å². The zero-order valence-corrected chi connectivity index (χ0v) is 12.6. The van der Waals surface area contributed by atoms with E-state index in [-0.39, 0.29) is 16.3 Å². The Morgan fingerprint density at radius 2 is 2.09 bits per heavy atom. The van der Waals surface area contributed by atoms with Crippen LogP contribution in [0.1, 0.15) is 21.5 Å². The molecular formula is C15H9Cl2N3O2. The molecule has 0 aliphatic carbocycles. The van der Waals surface area contributed by atoms with Crippen molar-refractivity contribution >= 4 is 35.3 Å². The van der Waals surface area contributed by atoms with E-state index in [1.165, 1.54) is 24.4 Å². The summed E-state index contributed by atoms with van der Waals surface area (Å²) in [5.41, 5.74) is 3.22. The topological polar surface area (TPSA) is 85.5 Å². The lowest BCUT2D eigenvalue weighted by molar-refractivity contribution is 0.0955. The van der Waals surface area contributed by atoms with Gasteiger partial charge in [0.15, 0.2) is 0 Å². The molecule has 7 heteroatoms. The Morgan fingerprint density at radius 3 is 2.82 bits per heavy atom. The number of halogens is 2. The fourth-order valence-electron chi connectivity index (χ4n) is 1.64. The lowest BCUT2D eigenvalue weighted by atomic mass is 10.1. The highest BCUT2D eigenvalue weighted by atomic mass is 35.5. The number of hydrazone groups is 1. The monoisotopic (exact) mass is 333 g/mol. The molecule has 0 fully saturated rings. The predicted molar refractivity (Wildman–Crippen MR) is 84.3 cm³/mol. The summed E-state index contributed by atoms with van der Waals surface area (Å²) in [6.45, 7) is 0. The van der Waals surface area contributed by atoms with Crippen molar-refractivity contribution in [1.29, 1.82) is 5.26 Å². The first-order valence-electron chi connectivity index (χ1n) is 6.03. The molecule has 22 heavy (non-hydrogen) atoms. The van der Waals surface area contributed by atoms with E-state index >= 15 is 0 Å². The Bertz CT molecular complexity index is 798. The first-order chi connectivity index (χ1) is 10.5.